The van der Waals surface area contributed by atoms with Crippen molar-refractivity contribution in [3.8, 4) is 5.88 Å². The molecular formula is C23H23NO2. The van der Waals surface area contributed by atoms with Gasteiger partial charge in [0.15, 0.2) is 5.43 Å². The van der Waals surface area contributed by atoms with Gasteiger partial charge < -0.3 is 9.72 Å². The van der Waals surface area contributed by atoms with Crippen LogP contribution < -0.4 is 10.2 Å². The molecule has 2 aromatic carbocycles. The van der Waals surface area contributed by atoms with Gasteiger partial charge in [0, 0.05) is 18.2 Å². The van der Waals surface area contributed by atoms with Crippen molar-refractivity contribution in [2.45, 2.75) is 26.9 Å². The third kappa shape index (κ3) is 4.31. The highest BCUT2D eigenvalue weighted by Crippen LogP contribution is 2.21. The number of nitrogens with one attached hydrogen (secondary N) is 1. The van der Waals surface area contributed by atoms with Crippen LogP contribution in [0.15, 0.2) is 72.0 Å². The summed E-state index contributed by atoms with van der Waals surface area (Å²) in [6.07, 6.45) is 0.647. The quantitative estimate of drug-likeness (QED) is 0.691. The van der Waals surface area contributed by atoms with Gasteiger partial charge in [0.1, 0.15) is 6.61 Å². The van der Waals surface area contributed by atoms with Crippen LogP contribution in [0.1, 0.15) is 34.9 Å². The minimum Gasteiger partial charge on any atom is -0.474 e. The summed E-state index contributed by atoms with van der Waals surface area (Å²) in [6, 6.07) is 19.8. The minimum absolute atomic E-state index is 0.0681. The lowest BCUT2D eigenvalue weighted by molar-refractivity contribution is 0.292. The van der Waals surface area contributed by atoms with E-state index in [-0.39, 0.29) is 5.43 Å². The highest BCUT2D eigenvalue weighted by atomic mass is 16.5. The second kappa shape index (κ2) is 7.87. The van der Waals surface area contributed by atoms with E-state index in [1.807, 2.05) is 37.3 Å². The molecular weight excluding hydrogens is 322 g/mol. The largest absolute Gasteiger partial charge is 0.474 e. The Bertz CT molecular complexity index is 954. The van der Waals surface area contributed by atoms with E-state index in [0.717, 1.165) is 16.8 Å². The maximum atomic E-state index is 12.6. The van der Waals surface area contributed by atoms with E-state index in [1.165, 1.54) is 5.56 Å². The van der Waals surface area contributed by atoms with Gasteiger partial charge >= 0.3 is 0 Å². The first-order valence-corrected chi connectivity index (χ1v) is 8.67. The molecule has 0 aliphatic rings. The summed E-state index contributed by atoms with van der Waals surface area (Å²) in [5.74, 6) is 0.482. The van der Waals surface area contributed by atoms with Crippen molar-refractivity contribution in [2.24, 2.45) is 0 Å². The minimum atomic E-state index is -0.0681. The highest BCUT2D eigenvalue weighted by Gasteiger charge is 2.12. The third-order valence-corrected chi connectivity index (χ3v) is 4.22. The lowest BCUT2D eigenvalue weighted by atomic mass is 10.1. The number of rotatable bonds is 6. The summed E-state index contributed by atoms with van der Waals surface area (Å²) in [7, 11) is 0. The second-order valence-corrected chi connectivity index (χ2v) is 6.58. The fraction of sp³-hybridized carbons (Fsp3) is 0.174. The number of allylic oxidation sites excluding steroid dienone is 1. The first-order chi connectivity index (χ1) is 12.5. The predicted molar refractivity (Wildman–Crippen MR) is 107 cm³/mol. The van der Waals surface area contributed by atoms with Crippen LogP contribution in [0.5, 0.6) is 5.88 Å². The van der Waals surface area contributed by atoms with Crippen LogP contribution in [0, 0.1) is 6.92 Å². The van der Waals surface area contributed by atoms with Crippen molar-refractivity contribution >= 4 is 5.57 Å². The fourth-order valence-corrected chi connectivity index (χ4v) is 2.85. The van der Waals surface area contributed by atoms with Crippen LogP contribution in [-0.2, 0) is 13.0 Å². The van der Waals surface area contributed by atoms with E-state index in [4.69, 9.17) is 4.74 Å². The van der Waals surface area contributed by atoms with Crippen LogP contribution >= 0.6 is 0 Å². The van der Waals surface area contributed by atoms with Crippen LogP contribution in [0.3, 0.4) is 0 Å². The van der Waals surface area contributed by atoms with Gasteiger partial charge in [-0.05, 0) is 30.5 Å². The molecule has 0 spiro atoms. The Morgan fingerprint density at radius 3 is 2.38 bits per heavy atom. The first-order valence-electron chi connectivity index (χ1n) is 8.67. The Labute approximate surface area is 154 Å². The smallest absolute Gasteiger partial charge is 0.203 e. The molecule has 0 aliphatic heterocycles. The van der Waals surface area contributed by atoms with Crippen molar-refractivity contribution in [3.63, 3.8) is 0 Å². The van der Waals surface area contributed by atoms with Crippen molar-refractivity contribution in [2.75, 3.05) is 0 Å². The van der Waals surface area contributed by atoms with Gasteiger partial charge in [-0.3, -0.25) is 4.79 Å². The van der Waals surface area contributed by atoms with Gasteiger partial charge in [0.2, 0.25) is 5.88 Å². The molecule has 0 bridgehead atoms. The molecule has 1 aromatic heterocycles. The Balaban J connectivity index is 1.89. The Morgan fingerprint density at radius 2 is 1.73 bits per heavy atom. The van der Waals surface area contributed by atoms with Crippen molar-refractivity contribution in [3.05, 3.63) is 105 Å². The maximum Gasteiger partial charge on any atom is 0.203 e. The number of aromatic amines is 1. The molecule has 0 saturated carbocycles. The number of hydrogen-bond donors (Lipinski definition) is 1. The van der Waals surface area contributed by atoms with Crippen LogP contribution in [0.25, 0.3) is 5.57 Å². The number of hydrogen-bond acceptors (Lipinski definition) is 2. The monoisotopic (exact) mass is 345 g/mol. The van der Waals surface area contributed by atoms with E-state index >= 15 is 0 Å². The third-order valence-electron chi connectivity index (χ3n) is 4.22. The standard InChI is InChI=1S/C23H23NO2/c1-16(2)22-21(25)14-20(13-18-11-9-17(3)10-12-18)24-23(22)26-15-19-7-5-4-6-8-19/h4-12,14H,1,13,15H2,2-3H3,(H,24,25). The van der Waals surface area contributed by atoms with Gasteiger partial charge in [-0.1, -0.05) is 66.7 Å². The molecule has 0 atom stereocenters. The number of aromatic nitrogens is 1. The SMILES string of the molecule is C=C(C)c1c(OCc2ccccc2)[nH]c(Cc2ccc(C)cc2)cc1=O. The molecule has 132 valence electrons. The number of pyridine rings is 1. The molecule has 1 N–H and O–H groups in total. The lowest BCUT2D eigenvalue weighted by Crippen LogP contribution is -2.13. The summed E-state index contributed by atoms with van der Waals surface area (Å²) in [6.45, 7) is 8.20. The van der Waals surface area contributed by atoms with Crippen molar-refractivity contribution < 1.29 is 4.74 Å². The zero-order valence-corrected chi connectivity index (χ0v) is 15.2. The van der Waals surface area contributed by atoms with Crippen LogP contribution in [0.4, 0.5) is 0 Å². The summed E-state index contributed by atoms with van der Waals surface area (Å²) in [4.78, 5) is 15.9. The molecule has 0 unspecified atom stereocenters. The number of aryl methyl sites for hydroxylation is 1. The Morgan fingerprint density at radius 1 is 1.04 bits per heavy atom. The summed E-state index contributed by atoms with van der Waals surface area (Å²) < 4.78 is 5.95. The molecule has 3 heteroatoms. The zero-order valence-electron chi connectivity index (χ0n) is 15.2. The number of benzene rings is 2. The average molecular weight is 345 g/mol. The molecule has 0 aliphatic carbocycles. The van der Waals surface area contributed by atoms with E-state index in [9.17, 15) is 4.79 Å². The zero-order chi connectivity index (χ0) is 18.5. The van der Waals surface area contributed by atoms with Crippen molar-refractivity contribution in [1.29, 1.82) is 0 Å². The Kier molecular flexibility index (Phi) is 5.37. The average Bonchev–Trinajstić information content (AvgIpc) is 2.62. The van der Waals surface area contributed by atoms with E-state index in [2.05, 4.69) is 42.8 Å². The molecule has 0 saturated heterocycles. The first kappa shape index (κ1) is 17.7. The van der Waals surface area contributed by atoms with Gasteiger partial charge in [-0.2, -0.15) is 0 Å². The lowest BCUT2D eigenvalue weighted by Gasteiger charge is -2.13. The molecule has 3 nitrogen and oxygen atoms in total. The normalized spacial score (nSPS) is 10.5. The van der Waals surface area contributed by atoms with Gasteiger partial charge in [-0.25, -0.2) is 0 Å². The topological polar surface area (TPSA) is 42.1 Å². The van der Waals surface area contributed by atoms with Gasteiger partial charge in [-0.15, -0.1) is 0 Å². The molecule has 0 radical (unpaired) electrons. The van der Waals surface area contributed by atoms with E-state index in [0.29, 0.717) is 30.0 Å². The highest BCUT2D eigenvalue weighted by molar-refractivity contribution is 5.65. The fourth-order valence-electron chi connectivity index (χ4n) is 2.85. The van der Waals surface area contributed by atoms with Crippen LogP contribution in [-0.4, -0.2) is 4.98 Å². The van der Waals surface area contributed by atoms with Crippen molar-refractivity contribution in [1.82, 2.24) is 4.98 Å². The maximum absolute atomic E-state index is 12.6. The summed E-state index contributed by atoms with van der Waals surface area (Å²) in [5.41, 5.74) is 5.36. The summed E-state index contributed by atoms with van der Waals surface area (Å²) >= 11 is 0. The number of ether oxygens (including phenoxy) is 1. The summed E-state index contributed by atoms with van der Waals surface area (Å²) in [5, 5.41) is 0. The Hall–Kier alpha value is -3.07. The predicted octanol–water partition coefficient (Wildman–Crippen LogP) is 4.89. The second-order valence-electron chi connectivity index (χ2n) is 6.58. The molecule has 3 rings (SSSR count). The van der Waals surface area contributed by atoms with E-state index < -0.39 is 0 Å². The molecule has 26 heavy (non-hydrogen) atoms. The molecule has 0 fully saturated rings. The molecule has 0 amide bonds. The molecule has 3 aromatic rings. The number of H-pyrrole nitrogens is 1. The van der Waals surface area contributed by atoms with Crippen LogP contribution in [0.2, 0.25) is 0 Å². The van der Waals surface area contributed by atoms with E-state index in [1.54, 1.807) is 6.07 Å². The van der Waals surface area contributed by atoms with Gasteiger partial charge in [0.05, 0.1) is 5.56 Å². The molecule has 1 heterocycles. The van der Waals surface area contributed by atoms with Gasteiger partial charge in [0.25, 0.3) is 0 Å².